The van der Waals surface area contributed by atoms with E-state index < -0.39 is 34.6 Å². The van der Waals surface area contributed by atoms with Crippen molar-refractivity contribution in [1.29, 1.82) is 0 Å². The van der Waals surface area contributed by atoms with Crippen molar-refractivity contribution in [3.63, 3.8) is 0 Å². The number of benzene rings is 1. The molecule has 0 spiro atoms. The Kier molecular flexibility index (Phi) is 7.70. The average molecular weight is 653 g/mol. The van der Waals surface area contributed by atoms with Gasteiger partial charge in [0.05, 0.1) is 42.0 Å². The van der Waals surface area contributed by atoms with Gasteiger partial charge in [-0.15, -0.1) is 0 Å². The molecule has 10 heteroatoms. The molecule has 1 aromatic rings. The lowest BCUT2D eigenvalue weighted by atomic mass is 9.41. The van der Waals surface area contributed by atoms with Gasteiger partial charge in [-0.3, -0.25) is 0 Å². The van der Waals surface area contributed by atoms with Gasteiger partial charge >= 0.3 is 5.97 Å². The molecule has 8 rings (SSSR count). The van der Waals surface area contributed by atoms with Crippen LogP contribution in [0.5, 0.6) is 5.75 Å². The van der Waals surface area contributed by atoms with Crippen LogP contribution in [0, 0.1) is 28.6 Å². The minimum absolute atomic E-state index is 0.0789. The van der Waals surface area contributed by atoms with Crippen molar-refractivity contribution in [3.8, 4) is 5.75 Å². The van der Waals surface area contributed by atoms with E-state index >= 15 is 0 Å². The molecule has 1 aromatic carbocycles. The van der Waals surface area contributed by atoms with E-state index in [0.717, 1.165) is 42.4 Å². The quantitative estimate of drug-likeness (QED) is 0.257. The number of esters is 1. The van der Waals surface area contributed by atoms with Gasteiger partial charge in [-0.1, -0.05) is 19.1 Å². The predicted octanol–water partition coefficient (Wildman–Crippen LogP) is 4.55. The van der Waals surface area contributed by atoms with Crippen LogP contribution in [0.25, 0.3) is 0 Å². The van der Waals surface area contributed by atoms with Crippen LogP contribution in [0.1, 0.15) is 89.9 Å². The van der Waals surface area contributed by atoms with E-state index in [0.29, 0.717) is 51.6 Å². The summed E-state index contributed by atoms with van der Waals surface area (Å²) < 4.78 is 36.0. The number of carbonyl (C=O) groups is 2. The minimum Gasteiger partial charge on any atom is -0.497 e. The summed E-state index contributed by atoms with van der Waals surface area (Å²) >= 11 is 0. The fraction of sp³-hybridized carbons (Fsp3) is 0.730. The third kappa shape index (κ3) is 4.72. The first kappa shape index (κ1) is 31.9. The third-order valence-corrected chi connectivity index (χ3v) is 13.8. The maximum Gasteiger partial charge on any atom is 0.331 e. The van der Waals surface area contributed by atoms with Gasteiger partial charge in [-0.25, -0.2) is 4.79 Å². The van der Waals surface area contributed by atoms with E-state index in [9.17, 15) is 19.8 Å². The van der Waals surface area contributed by atoms with Crippen LogP contribution >= 0.6 is 0 Å². The van der Waals surface area contributed by atoms with Crippen LogP contribution in [0.2, 0.25) is 0 Å². The number of ether oxygens (including phenoxy) is 6. The summed E-state index contributed by atoms with van der Waals surface area (Å²) in [5.74, 6) is 0.342. The second-order valence-corrected chi connectivity index (χ2v) is 15.6. The van der Waals surface area contributed by atoms with Crippen molar-refractivity contribution in [2.45, 2.75) is 126 Å². The van der Waals surface area contributed by atoms with E-state index in [-0.39, 0.29) is 48.1 Å². The Morgan fingerprint density at radius 1 is 0.957 bits per heavy atom. The number of cyclic esters (lactones) is 1. The van der Waals surface area contributed by atoms with Crippen LogP contribution in [-0.4, -0.2) is 78.1 Å². The first-order chi connectivity index (χ1) is 22.5. The first-order valence-corrected chi connectivity index (χ1v) is 17.6. The molecule has 2 saturated heterocycles. The van der Waals surface area contributed by atoms with E-state index in [4.69, 9.17) is 28.4 Å². The number of hydrogen-bond donors (Lipinski definition) is 2. The highest BCUT2D eigenvalue weighted by Gasteiger charge is 2.71. The summed E-state index contributed by atoms with van der Waals surface area (Å²) in [5, 5.41) is 24.9. The fourth-order valence-corrected chi connectivity index (χ4v) is 11.3. The molecule has 0 bridgehead atoms. The number of rotatable bonds is 6. The fourth-order valence-electron chi connectivity index (χ4n) is 11.3. The second kappa shape index (κ2) is 11.4. The zero-order valence-electron chi connectivity index (χ0n) is 27.6. The smallest absolute Gasteiger partial charge is 0.331 e. The van der Waals surface area contributed by atoms with Crippen molar-refractivity contribution in [2.24, 2.45) is 28.6 Å². The highest BCUT2D eigenvalue weighted by atomic mass is 16.8. The number of carbonyl (C=O) groups excluding carboxylic acids is 2. The molecule has 3 aliphatic heterocycles. The van der Waals surface area contributed by atoms with Gasteiger partial charge in [-0.2, -0.15) is 0 Å². The largest absolute Gasteiger partial charge is 0.497 e. The molecular formula is C37H48O10. The molecule has 4 saturated carbocycles. The molecule has 2 N–H and O–H groups in total. The van der Waals surface area contributed by atoms with Crippen molar-refractivity contribution >= 4 is 12.3 Å². The molecule has 7 aliphatic rings. The summed E-state index contributed by atoms with van der Waals surface area (Å²) in [6.07, 6.45) is 6.74. The van der Waals surface area contributed by atoms with Crippen LogP contribution in [0.15, 0.2) is 35.9 Å². The molecule has 13 atom stereocenters. The standard InChI is InChI=1S/C37H48O10/c1-21-32-29(46-33(47-32)22-4-6-24(42-3)7-5-22)17-31(44-21)45-25-8-13-35(20-38)27-9-12-34(2)26(23-16-30(39)43-19-23)11-15-37(34,41)28(27)10-14-36(35,40)18-25/h4-7,16,20-21,25-29,31-33,40-41H,8-15,17-19H2,1-3H3/t21-,25+,26+,27+,28+,29+,31-,32+,33-,34-,35+,36-,37-/m0/s1. The number of methoxy groups -OCH3 is 1. The molecule has 0 aromatic heterocycles. The summed E-state index contributed by atoms with van der Waals surface area (Å²) in [6, 6.07) is 7.66. The summed E-state index contributed by atoms with van der Waals surface area (Å²) in [5.41, 5.74) is -1.62. The van der Waals surface area contributed by atoms with Crippen molar-refractivity contribution in [1.82, 2.24) is 0 Å². The van der Waals surface area contributed by atoms with Gasteiger partial charge in [0.2, 0.25) is 0 Å². The van der Waals surface area contributed by atoms with Gasteiger partial charge in [0.15, 0.2) is 12.6 Å². The Balaban J connectivity index is 0.948. The summed E-state index contributed by atoms with van der Waals surface area (Å²) in [7, 11) is 1.64. The number of hydrogen-bond acceptors (Lipinski definition) is 10. The third-order valence-electron chi connectivity index (χ3n) is 13.8. The maximum atomic E-state index is 13.2. The van der Waals surface area contributed by atoms with Gasteiger partial charge in [0.25, 0.3) is 0 Å². The number of fused-ring (bicyclic) bond motifs is 6. The Hall–Kier alpha value is -2.34. The lowest BCUT2D eigenvalue weighted by Gasteiger charge is -2.65. The molecule has 256 valence electrons. The highest BCUT2D eigenvalue weighted by Crippen LogP contribution is 2.70. The van der Waals surface area contributed by atoms with E-state index in [1.807, 2.05) is 31.2 Å². The van der Waals surface area contributed by atoms with Crippen LogP contribution in [-0.2, 0) is 33.3 Å². The Morgan fingerprint density at radius 2 is 1.74 bits per heavy atom. The second-order valence-electron chi connectivity index (χ2n) is 15.6. The molecule has 6 fully saturated rings. The molecule has 0 unspecified atom stereocenters. The summed E-state index contributed by atoms with van der Waals surface area (Å²) in [4.78, 5) is 25.1. The van der Waals surface area contributed by atoms with Crippen molar-refractivity contribution < 1.29 is 48.2 Å². The molecule has 0 amide bonds. The number of aliphatic hydroxyl groups is 2. The lowest BCUT2D eigenvalue weighted by Crippen LogP contribution is -2.69. The van der Waals surface area contributed by atoms with Crippen LogP contribution in [0.4, 0.5) is 0 Å². The topological polar surface area (TPSA) is 130 Å². The van der Waals surface area contributed by atoms with Crippen LogP contribution < -0.4 is 4.74 Å². The predicted molar refractivity (Wildman–Crippen MR) is 167 cm³/mol. The Bertz CT molecular complexity index is 1430. The first-order valence-electron chi connectivity index (χ1n) is 17.6. The highest BCUT2D eigenvalue weighted by molar-refractivity contribution is 5.85. The van der Waals surface area contributed by atoms with Gasteiger partial charge in [0.1, 0.15) is 24.7 Å². The average Bonchev–Trinajstić information content (AvgIpc) is 3.76. The Labute approximate surface area is 276 Å². The van der Waals surface area contributed by atoms with E-state index in [1.54, 1.807) is 13.2 Å². The zero-order chi connectivity index (χ0) is 32.8. The van der Waals surface area contributed by atoms with Gasteiger partial charge in [-0.05, 0) is 93.7 Å². The lowest BCUT2D eigenvalue weighted by molar-refractivity contribution is -0.278. The SMILES string of the molecule is COc1ccc([C@@H]2O[C@@H]3[C@H](C)O[C@@H](O[C@@H]4CC[C@@]5(C=O)[C@@H]6CC[C@@]7(C)[C@@H](C8=CC(=O)OC8)CC[C@]7(O)[C@@H]6CC[C@]5(O)C4)C[C@H]3O2)cc1. The molecule has 0 radical (unpaired) electrons. The minimum atomic E-state index is -1.22. The van der Waals surface area contributed by atoms with Gasteiger partial charge in [0, 0.05) is 29.9 Å². The maximum absolute atomic E-state index is 13.2. The molecule has 4 aliphatic carbocycles. The van der Waals surface area contributed by atoms with E-state index in [1.165, 1.54) is 0 Å². The normalized spacial score (nSPS) is 48.8. The Morgan fingerprint density at radius 3 is 2.47 bits per heavy atom. The molecule has 3 heterocycles. The van der Waals surface area contributed by atoms with Crippen molar-refractivity contribution in [3.05, 3.63) is 41.5 Å². The summed E-state index contributed by atoms with van der Waals surface area (Å²) in [6.45, 7) is 4.44. The van der Waals surface area contributed by atoms with Crippen LogP contribution in [0.3, 0.4) is 0 Å². The van der Waals surface area contributed by atoms with Gasteiger partial charge < -0.3 is 43.4 Å². The molecule has 47 heavy (non-hydrogen) atoms. The van der Waals surface area contributed by atoms with Crippen molar-refractivity contribution in [2.75, 3.05) is 13.7 Å². The molecule has 10 nitrogen and oxygen atoms in total. The monoisotopic (exact) mass is 652 g/mol. The molecular weight excluding hydrogens is 604 g/mol. The number of aldehydes is 1. The van der Waals surface area contributed by atoms with E-state index in [2.05, 4.69) is 6.92 Å². The zero-order valence-corrected chi connectivity index (χ0v) is 27.6.